The van der Waals surface area contributed by atoms with Crippen LogP contribution in [0.4, 0.5) is 11.8 Å². The molecule has 5 rings (SSSR count). The Morgan fingerprint density at radius 2 is 1.92 bits per heavy atom. The van der Waals surface area contributed by atoms with Gasteiger partial charge in [-0.25, -0.2) is 9.67 Å². The Balaban J connectivity index is 1.47. The van der Waals surface area contributed by atoms with Crippen LogP contribution in [0.5, 0.6) is 0 Å². The number of nitrogens with two attached hydrogens (primary N) is 1. The Kier molecular flexibility index (Phi) is 6.38. The summed E-state index contributed by atoms with van der Waals surface area (Å²) < 4.78 is 3.99. The first-order valence-corrected chi connectivity index (χ1v) is 12.7. The van der Waals surface area contributed by atoms with Gasteiger partial charge in [-0.05, 0) is 38.8 Å². The lowest BCUT2D eigenvalue weighted by atomic mass is 9.93. The van der Waals surface area contributed by atoms with Crippen LogP contribution < -0.4 is 16.0 Å². The number of nitrogens with one attached hydrogen (secondary N) is 1. The fourth-order valence-corrected chi connectivity index (χ4v) is 4.45. The molecule has 5 heterocycles. The Morgan fingerprint density at radius 1 is 1.14 bits per heavy atom. The van der Waals surface area contributed by atoms with Gasteiger partial charge >= 0.3 is 0 Å². The molecule has 0 aliphatic carbocycles. The van der Waals surface area contributed by atoms with Gasteiger partial charge in [-0.15, -0.1) is 0 Å². The van der Waals surface area contributed by atoms with Crippen molar-refractivity contribution in [1.29, 1.82) is 0 Å². The van der Waals surface area contributed by atoms with E-state index in [1.807, 2.05) is 29.5 Å². The Labute approximate surface area is 212 Å². The molecule has 0 spiro atoms. The van der Waals surface area contributed by atoms with E-state index in [9.17, 15) is 0 Å². The quantitative estimate of drug-likeness (QED) is 0.421. The fourth-order valence-electron chi connectivity index (χ4n) is 4.45. The summed E-state index contributed by atoms with van der Waals surface area (Å²) in [5.41, 5.74) is 10.8. The molecule has 3 N–H and O–H groups in total. The molecule has 0 aromatic carbocycles. The number of pyridine rings is 1. The van der Waals surface area contributed by atoms with Gasteiger partial charge in [-0.1, -0.05) is 20.8 Å². The van der Waals surface area contributed by atoms with Crippen molar-refractivity contribution in [3.63, 3.8) is 0 Å². The maximum absolute atomic E-state index is 6.14. The van der Waals surface area contributed by atoms with Crippen molar-refractivity contribution in [2.75, 3.05) is 23.3 Å². The number of piperidine rings is 1. The number of hydrogen-bond acceptors (Lipinski definition) is 8. The van der Waals surface area contributed by atoms with Crippen molar-refractivity contribution in [1.82, 2.24) is 34.3 Å². The minimum absolute atomic E-state index is 0.0253. The normalized spacial score (nSPS) is 15.2. The number of hydrogen-bond donors (Lipinski definition) is 2. The molecular formula is C26H36N10. The first-order valence-electron chi connectivity index (χ1n) is 12.7. The minimum Gasteiger partial charge on any atom is -0.364 e. The van der Waals surface area contributed by atoms with E-state index in [1.54, 1.807) is 6.20 Å². The molecule has 0 saturated carbocycles. The topological polar surface area (TPSA) is 116 Å². The molecule has 190 valence electrons. The predicted molar refractivity (Wildman–Crippen MR) is 143 cm³/mol. The zero-order valence-corrected chi connectivity index (χ0v) is 21.8. The average molecular weight is 489 g/mol. The molecule has 0 unspecified atom stereocenters. The fraction of sp³-hybridized carbons (Fsp3) is 0.500. The molecular weight excluding hydrogens is 452 g/mol. The van der Waals surface area contributed by atoms with E-state index >= 15 is 0 Å². The number of rotatable bonds is 6. The van der Waals surface area contributed by atoms with Gasteiger partial charge in [0.1, 0.15) is 0 Å². The highest BCUT2D eigenvalue weighted by atomic mass is 15.3. The molecule has 0 radical (unpaired) electrons. The Hall–Kier alpha value is -3.53. The summed E-state index contributed by atoms with van der Waals surface area (Å²) in [6.45, 7) is 13.0. The Bertz CT molecular complexity index is 1340. The SMILES string of the molecule is CC(C)n1cnc2c(NCc3ccncc3-n3ccc(C(C)(C)C)n3)nc(N3CCC(N)CC3)nc21. The number of nitrogens with zero attached hydrogens (tertiary/aromatic N) is 8. The maximum atomic E-state index is 6.14. The highest BCUT2D eigenvalue weighted by Gasteiger charge is 2.22. The molecule has 0 bridgehead atoms. The molecule has 4 aromatic rings. The van der Waals surface area contributed by atoms with E-state index in [0.29, 0.717) is 6.54 Å². The number of aromatic nitrogens is 7. The van der Waals surface area contributed by atoms with E-state index < -0.39 is 0 Å². The van der Waals surface area contributed by atoms with E-state index in [4.69, 9.17) is 20.8 Å². The molecule has 4 aromatic heterocycles. The van der Waals surface area contributed by atoms with E-state index in [1.165, 1.54) is 0 Å². The zero-order chi connectivity index (χ0) is 25.4. The van der Waals surface area contributed by atoms with E-state index in [-0.39, 0.29) is 17.5 Å². The molecule has 1 aliphatic heterocycles. The van der Waals surface area contributed by atoms with Crippen LogP contribution in [0, 0.1) is 0 Å². The maximum Gasteiger partial charge on any atom is 0.229 e. The summed E-state index contributed by atoms with van der Waals surface area (Å²) in [6, 6.07) is 4.56. The molecule has 10 heteroatoms. The van der Waals surface area contributed by atoms with Crippen LogP contribution in [-0.4, -0.2) is 53.4 Å². The smallest absolute Gasteiger partial charge is 0.229 e. The van der Waals surface area contributed by atoms with Crippen molar-refractivity contribution < 1.29 is 0 Å². The summed E-state index contributed by atoms with van der Waals surface area (Å²) in [4.78, 5) is 21.1. The second-order valence-corrected chi connectivity index (χ2v) is 10.9. The van der Waals surface area contributed by atoms with Gasteiger partial charge in [0.05, 0.1) is 23.9 Å². The summed E-state index contributed by atoms with van der Waals surface area (Å²) in [5, 5.41) is 8.36. The summed E-state index contributed by atoms with van der Waals surface area (Å²) in [6.07, 6.45) is 9.37. The highest BCUT2D eigenvalue weighted by Crippen LogP contribution is 2.27. The van der Waals surface area contributed by atoms with Crippen LogP contribution in [0.15, 0.2) is 37.1 Å². The number of anilines is 2. The molecule has 0 atom stereocenters. The van der Waals surface area contributed by atoms with E-state index in [0.717, 1.165) is 65.8 Å². The molecule has 1 aliphatic rings. The third-order valence-electron chi connectivity index (χ3n) is 6.73. The van der Waals surface area contributed by atoms with Crippen molar-refractivity contribution in [2.45, 2.75) is 71.5 Å². The first-order chi connectivity index (χ1) is 17.2. The zero-order valence-electron chi connectivity index (χ0n) is 21.8. The molecule has 1 fully saturated rings. The summed E-state index contributed by atoms with van der Waals surface area (Å²) in [5.74, 6) is 1.44. The lowest BCUT2D eigenvalue weighted by molar-refractivity contribution is 0.495. The van der Waals surface area contributed by atoms with Crippen LogP contribution in [0.25, 0.3) is 16.9 Å². The van der Waals surface area contributed by atoms with Crippen LogP contribution in [0.2, 0.25) is 0 Å². The van der Waals surface area contributed by atoms with Crippen molar-refractivity contribution in [3.8, 4) is 5.69 Å². The summed E-state index contributed by atoms with van der Waals surface area (Å²) in [7, 11) is 0. The standard InChI is InChI=1S/C26H36N10/c1-17(2)35-16-30-22-23(31-25(32-24(22)35)34-11-7-19(27)8-12-34)29-14-18-6-10-28-15-20(18)36-13-9-21(33-36)26(3,4)5/h6,9-10,13,15-17,19H,7-8,11-12,14,27H2,1-5H3,(H,29,31,32). The van der Waals surface area contributed by atoms with Gasteiger partial charge in [0.2, 0.25) is 5.95 Å². The van der Waals surface area contributed by atoms with Gasteiger partial charge in [-0.3, -0.25) is 4.98 Å². The number of fused-ring (bicyclic) bond motifs is 1. The third-order valence-corrected chi connectivity index (χ3v) is 6.73. The van der Waals surface area contributed by atoms with Crippen LogP contribution in [-0.2, 0) is 12.0 Å². The largest absolute Gasteiger partial charge is 0.364 e. The van der Waals surface area contributed by atoms with Gasteiger partial charge in [0, 0.05) is 55.1 Å². The average Bonchev–Trinajstić information content (AvgIpc) is 3.51. The predicted octanol–water partition coefficient (Wildman–Crippen LogP) is 3.83. The molecule has 10 nitrogen and oxygen atoms in total. The third kappa shape index (κ3) is 4.77. The highest BCUT2D eigenvalue weighted by molar-refractivity contribution is 5.84. The van der Waals surface area contributed by atoms with Crippen molar-refractivity contribution in [3.05, 3.63) is 48.3 Å². The first kappa shape index (κ1) is 24.2. The van der Waals surface area contributed by atoms with Crippen LogP contribution in [0.1, 0.15) is 64.8 Å². The van der Waals surface area contributed by atoms with Crippen molar-refractivity contribution >= 4 is 22.9 Å². The minimum atomic E-state index is -0.0253. The molecule has 1 saturated heterocycles. The monoisotopic (exact) mass is 488 g/mol. The summed E-state index contributed by atoms with van der Waals surface area (Å²) >= 11 is 0. The van der Waals surface area contributed by atoms with Gasteiger partial charge in [-0.2, -0.15) is 15.1 Å². The molecule has 0 amide bonds. The molecule has 36 heavy (non-hydrogen) atoms. The second-order valence-electron chi connectivity index (χ2n) is 10.9. The lowest BCUT2D eigenvalue weighted by Crippen LogP contribution is -2.40. The van der Waals surface area contributed by atoms with Crippen molar-refractivity contribution in [2.24, 2.45) is 5.73 Å². The van der Waals surface area contributed by atoms with E-state index in [2.05, 4.69) is 65.4 Å². The van der Waals surface area contributed by atoms with Crippen LogP contribution >= 0.6 is 0 Å². The van der Waals surface area contributed by atoms with Gasteiger partial charge in [0.25, 0.3) is 0 Å². The van der Waals surface area contributed by atoms with Gasteiger partial charge < -0.3 is 20.5 Å². The Morgan fingerprint density at radius 3 is 2.61 bits per heavy atom. The van der Waals surface area contributed by atoms with Crippen LogP contribution in [0.3, 0.4) is 0 Å². The van der Waals surface area contributed by atoms with Gasteiger partial charge in [0.15, 0.2) is 17.0 Å². The lowest BCUT2D eigenvalue weighted by Gasteiger charge is -2.30. The number of imidazole rings is 1. The second kappa shape index (κ2) is 9.50.